The zero-order valence-corrected chi connectivity index (χ0v) is 13.2. The number of aryl methyl sites for hydroxylation is 1. The highest BCUT2D eigenvalue weighted by molar-refractivity contribution is 5.95. The molecule has 0 aromatic carbocycles. The highest BCUT2D eigenvalue weighted by Gasteiger charge is 2.22. The summed E-state index contributed by atoms with van der Waals surface area (Å²) in [5, 5.41) is 3.04. The fourth-order valence-electron chi connectivity index (χ4n) is 1.67. The smallest absolute Gasteiger partial charge is 0.253 e. The van der Waals surface area contributed by atoms with Crippen molar-refractivity contribution in [2.45, 2.75) is 65.8 Å². The molecule has 1 aromatic rings. The zero-order valence-electron chi connectivity index (χ0n) is 13.2. The van der Waals surface area contributed by atoms with E-state index < -0.39 is 0 Å². The van der Waals surface area contributed by atoms with Crippen LogP contribution >= 0.6 is 0 Å². The first-order valence-corrected chi connectivity index (χ1v) is 6.86. The number of pyridine rings is 1. The van der Waals surface area contributed by atoms with Gasteiger partial charge in [0.05, 0.1) is 5.56 Å². The lowest BCUT2D eigenvalue weighted by Crippen LogP contribution is -2.43. The molecule has 0 saturated heterocycles. The lowest BCUT2D eigenvalue weighted by Gasteiger charge is -2.25. The maximum Gasteiger partial charge on any atom is 0.253 e. The molecule has 0 aliphatic carbocycles. The van der Waals surface area contributed by atoms with Gasteiger partial charge in [-0.15, -0.1) is 0 Å². The molecule has 0 unspecified atom stereocenters. The minimum Gasteiger partial charge on any atom is -0.347 e. The zero-order chi connectivity index (χ0) is 14.8. The van der Waals surface area contributed by atoms with Gasteiger partial charge in [-0.3, -0.25) is 9.78 Å². The van der Waals surface area contributed by atoms with E-state index in [0.717, 1.165) is 17.7 Å². The number of amides is 1. The van der Waals surface area contributed by atoms with Gasteiger partial charge in [-0.25, -0.2) is 0 Å². The van der Waals surface area contributed by atoms with Gasteiger partial charge in [-0.05, 0) is 38.8 Å². The van der Waals surface area contributed by atoms with E-state index in [1.54, 1.807) is 6.20 Å². The van der Waals surface area contributed by atoms with Gasteiger partial charge in [0.2, 0.25) is 0 Å². The van der Waals surface area contributed by atoms with Crippen LogP contribution in [0.3, 0.4) is 0 Å². The number of carbonyl (C=O) groups is 1. The highest BCUT2D eigenvalue weighted by atomic mass is 16.1. The van der Waals surface area contributed by atoms with Crippen LogP contribution in [0.1, 0.15) is 69.6 Å². The van der Waals surface area contributed by atoms with Crippen LogP contribution < -0.4 is 5.32 Å². The van der Waals surface area contributed by atoms with Crippen molar-refractivity contribution in [2.75, 3.05) is 0 Å². The lowest BCUT2D eigenvalue weighted by atomic mass is 9.90. The highest BCUT2D eigenvalue weighted by Crippen LogP contribution is 2.22. The van der Waals surface area contributed by atoms with E-state index in [1.165, 1.54) is 0 Å². The standard InChI is InChI=1S/C16H26N2O/c1-8-16(6,7)18-14(19)12-10-17-13(9-11(12)2)15(3,4)5/h9-10H,8H2,1-7H3,(H,18,19). The summed E-state index contributed by atoms with van der Waals surface area (Å²) in [6.45, 7) is 14.4. The molecule has 1 aromatic heterocycles. The first-order valence-electron chi connectivity index (χ1n) is 6.86. The normalized spacial score (nSPS) is 12.4. The number of nitrogens with one attached hydrogen (secondary N) is 1. The van der Waals surface area contributed by atoms with E-state index >= 15 is 0 Å². The Bertz CT molecular complexity index is 470. The monoisotopic (exact) mass is 262 g/mol. The summed E-state index contributed by atoms with van der Waals surface area (Å²) in [5.41, 5.74) is 2.46. The molecule has 1 heterocycles. The number of hydrogen-bond donors (Lipinski definition) is 1. The molecule has 1 amide bonds. The first kappa shape index (κ1) is 15.7. The van der Waals surface area contributed by atoms with Crippen molar-refractivity contribution in [1.29, 1.82) is 0 Å². The van der Waals surface area contributed by atoms with Crippen LogP contribution in [0, 0.1) is 6.92 Å². The number of nitrogens with zero attached hydrogens (tertiary/aromatic N) is 1. The van der Waals surface area contributed by atoms with E-state index in [9.17, 15) is 4.79 Å². The predicted molar refractivity (Wildman–Crippen MR) is 79.5 cm³/mol. The van der Waals surface area contributed by atoms with Crippen molar-refractivity contribution in [1.82, 2.24) is 10.3 Å². The van der Waals surface area contributed by atoms with Crippen LogP contribution in [-0.4, -0.2) is 16.4 Å². The van der Waals surface area contributed by atoms with Crippen molar-refractivity contribution < 1.29 is 4.79 Å². The first-order chi connectivity index (χ1) is 8.57. The minimum atomic E-state index is -0.188. The average molecular weight is 262 g/mol. The summed E-state index contributed by atoms with van der Waals surface area (Å²) < 4.78 is 0. The molecule has 1 rings (SSSR count). The van der Waals surface area contributed by atoms with Crippen LogP contribution in [0.4, 0.5) is 0 Å². The Kier molecular flexibility index (Phi) is 4.39. The number of aromatic nitrogens is 1. The number of hydrogen-bond acceptors (Lipinski definition) is 2. The van der Waals surface area contributed by atoms with Gasteiger partial charge >= 0.3 is 0 Å². The van der Waals surface area contributed by atoms with E-state index in [-0.39, 0.29) is 16.9 Å². The van der Waals surface area contributed by atoms with Crippen molar-refractivity contribution in [2.24, 2.45) is 0 Å². The molecule has 1 N–H and O–H groups in total. The van der Waals surface area contributed by atoms with Crippen molar-refractivity contribution in [3.8, 4) is 0 Å². The maximum absolute atomic E-state index is 12.2. The predicted octanol–water partition coefficient (Wildman–Crippen LogP) is 3.61. The summed E-state index contributed by atoms with van der Waals surface area (Å²) >= 11 is 0. The largest absolute Gasteiger partial charge is 0.347 e. The molecule has 0 aliphatic heterocycles. The Morgan fingerprint density at radius 1 is 1.26 bits per heavy atom. The van der Waals surface area contributed by atoms with Gasteiger partial charge in [0.25, 0.3) is 5.91 Å². The Morgan fingerprint density at radius 3 is 2.26 bits per heavy atom. The molecule has 0 spiro atoms. The van der Waals surface area contributed by atoms with Gasteiger partial charge in [0, 0.05) is 22.8 Å². The Balaban J connectivity index is 3.01. The van der Waals surface area contributed by atoms with Gasteiger partial charge in [0.15, 0.2) is 0 Å². The summed E-state index contributed by atoms with van der Waals surface area (Å²) in [4.78, 5) is 16.7. The second-order valence-corrected chi connectivity index (χ2v) is 6.83. The van der Waals surface area contributed by atoms with E-state index in [1.807, 2.05) is 26.8 Å². The van der Waals surface area contributed by atoms with E-state index in [4.69, 9.17) is 0 Å². The lowest BCUT2D eigenvalue weighted by molar-refractivity contribution is 0.0910. The molecule has 19 heavy (non-hydrogen) atoms. The summed E-state index contributed by atoms with van der Waals surface area (Å²) in [6.07, 6.45) is 2.59. The molecule has 0 radical (unpaired) electrons. The van der Waals surface area contributed by atoms with Crippen molar-refractivity contribution in [3.05, 3.63) is 29.1 Å². The second kappa shape index (κ2) is 5.32. The molecule has 0 aliphatic rings. The third-order valence-corrected chi connectivity index (χ3v) is 3.46. The quantitative estimate of drug-likeness (QED) is 0.904. The van der Waals surface area contributed by atoms with Gasteiger partial charge in [-0.1, -0.05) is 27.7 Å². The van der Waals surface area contributed by atoms with Crippen LogP contribution in [0.15, 0.2) is 12.3 Å². The second-order valence-electron chi connectivity index (χ2n) is 6.83. The van der Waals surface area contributed by atoms with Crippen LogP contribution in [0.25, 0.3) is 0 Å². The van der Waals surface area contributed by atoms with Crippen LogP contribution in [0.5, 0.6) is 0 Å². The molecule has 3 heteroatoms. The van der Waals surface area contributed by atoms with E-state index in [0.29, 0.717) is 5.56 Å². The van der Waals surface area contributed by atoms with Crippen LogP contribution in [-0.2, 0) is 5.41 Å². The molecule has 3 nitrogen and oxygen atoms in total. The molecule has 0 bridgehead atoms. The Morgan fingerprint density at radius 2 is 1.84 bits per heavy atom. The molecule has 0 fully saturated rings. The topological polar surface area (TPSA) is 42.0 Å². The Labute approximate surface area is 116 Å². The fraction of sp³-hybridized carbons (Fsp3) is 0.625. The molecule has 106 valence electrons. The third-order valence-electron chi connectivity index (χ3n) is 3.46. The minimum absolute atomic E-state index is 0.00244. The van der Waals surface area contributed by atoms with Crippen LogP contribution in [0.2, 0.25) is 0 Å². The molecule has 0 saturated carbocycles. The average Bonchev–Trinajstić information content (AvgIpc) is 2.26. The van der Waals surface area contributed by atoms with Crippen molar-refractivity contribution >= 4 is 5.91 Å². The number of carbonyl (C=O) groups excluding carboxylic acids is 1. The number of rotatable bonds is 3. The summed E-state index contributed by atoms with van der Waals surface area (Å²) in [5.74, 6) is -0.0442. The van der Waals surface area contributed by atoms with Gasteiger partial charge in [-0.2, -0.15) is 0 Å². The van der Waals surface area contributed by atoms with Gasteiger partial charge < -0.3 is 5.32 Å². The van der Waals surface area contributed by atoms with Crippen molar-refractivity contribution in [3.63, 3.8) is 0 Å². The maximum atomic E-state index is 12.2. The van der Waals surface area contributed by atoms with E-state index in [2.05, 4.69) is 38.0 Å². The molecular formula is C16H26N2O. The summed E-state index contributed by atoms with van der Waals surface area (Å²) in [6, 6.07) is 2.01. The van der Waals surface area contributed by atoms with Gasteiger partial charge in [0.1, 0.15) is 0 Å². The molecular weight excluding hydrogens is 236 g/mol. The molecule has 0 atom stereocenters. The summed E-state index contributed by atoms with van der Waals surface area (Å²) in [7, 11) is 0. The fourth-order valence-corrected chi connectivity index (χ4v) is 1.67. The SMILES string of the molecule is CCC(C)(C)NC(=O)c1cnc(C(C)(C)C)cc1C. The Hall–Kier alpha value is -1.38. The third kappa shape index (κ3) is 4.05.